The molecule has 102 valence electrons. The van der Waals surface area contributed by atoms with E-state index in [4.69, 9.17) is 0 Å². The average Bonchev–Trinajstić information content (AvgIpc) is 2.34. The molecule has 0 aliphatic carbocycles. The smallest absolute Gasteiger partial charge is 0.181 e. The summed E-state index contributed by atoms with van der Waals surface area (Å²) < 4.78 is 37.8. The minimum atomic E-state index is -3.51. The Morgan fingerprint density at radius 2 is 1.89 bits per heavy atom. The topological polar surface area (TPSA) is 34.1 Å². The molecule has 0 aliphatic heterocycles. The zero-order chi connectivity index (χ0) is 13.6. The van der Waals surface area contributed by atoms with Gasteiger partial charge < -0.3 is 0 Å². The van der Waals surface area contributed by atoms with Crippen molar-refractivity contribution >= 4 is 9.84 Å². The van der Waals surface area contributed by atoms with Crippen LogP contribution in [0.2, 0.25) is 0 Å². The zero-order valence-electron chi connectivity index (χ0n) is 11.0. The van der Waals surface area contributed by atoms with Crippen LogP contribution in [0.15, 0.2) is 29.2 Å². The molecule has 0 aromatic heterocycles. The molecule has 0 N–H and O–H groups in total. The quantitative estimate of drug-likeness (QED) is 0.756. The molecule has 0 amide bonds. The van der Waals surface area contributed by atoms with E-state index in [1.54, 1.807) is 6.07 Å². The Morgan fingerprint density at radius 3 is 2.44 bits per heavy atom. The maximum absolute atomic E-state index is 13.5. The average molecular weight is 272 g/mol. The molecular weight excluding hydrogens is 251 g/mol. The molecule has 0 bridgehead atoms. The van der Waals surface area contributed by atoms with Gasteiger partial charge in [0, 0.05) is 0 Å². The Morgan fingerprint density at radius 1 is 1.22 bits per heavy atom. The summed E-state index contributed by atoms with van der Waals surface area (Å²) in [5.41, 5.74) is 0. The van der Waals surface area contributed by atoms with E-state index in [0.717, 1.165) is 25.7 Å². The van der Waals surface area contributed by atoms with E-state index in [0.29, 0.717) is 0 Å². The zero-order valence-corrected chi connectivity index (χ0v) is 11.8. The Balaban J connectivity index is 2.84. The molecule has 0 fully saturated rings. The lowest BCUT2D eigenvalue weighted by molar-refractivity contribution is 0.481. The fourth-order valence-electron chi connectivity index (χ4n) is 2.00. The second kappa shape index (κ2) is 6.88. The highest BCUT2D eigenvalue weighted by atomic mass is 32.2. The van der Waals surface area contributed by atoms with Crippen molar-refractivity contribution in [2.45, 2.75) is 44.4 Å². The molecule has 0 radical (unpaired) electrons. The Hall–Kier alpha value is -0.900. The SMILES string of the molecule is CCCCC(CC)CS(=O)(=O)c1ccccc1F. The van der Waals surface area contributed by atoms with Crippen LogP contribution in [0.3, 0.4) is 0 Å². The van der Waals surface area contributed by atoms with Gasteiger partial charge in [-0.1, -0.05) is 45.2 Å². The molecule has 0 spiro atoms. The van der Waals surface area contributed by atoms with Crippen molar-refractivity contribution in [2.75, 3.05) is 5.75 Å². The van der Waals surface area contributed by atoms with Gasteiger partial charge in [0.2, 0.25) is 0 Å². The number of hydrogen-bond donors (Lipinski definition) is 0. The molecule has 1 aromatic rings. The van der Waals surface area contributed by atoms with Crippen molar-refractivity contribution in [1.29, 1.82) is 0 Å². The van der Waals surface area contributed by atoms with Crippen LogP contribution in [0.4, 0.5) is 4.39 Å². The summed E-state index contributed by atoms with van der Waals surface area (Å²) in [6, 6.07) is 5.60. The normalized spacial score (nSPS) is 13.5. The first-order chi connectivity index (χ1) is 8.51. The largest absolute Gasteiger partial charge is 0.224 e. The summed E-state index contributed by atoms with van der Waals surface area (Å²) in [4.78, 5) is -0.167. The highest BCUT2D eigenvalue weighted by Crippen LogP contribution is 2.21. The second-order valence-corrected chi connectivity index (χ2v) is 6.63. The first kappa shape index (κ1) is 15.2. The maximum atomic E-state index is 13.5. The summed E-state index contributed by atoms with van der Waals surface area (Å²) in [5.74, 6) is -0.484. The first-order valence-corrected chi connectivity index (χ1v) is 8.13. The fourth-order valence-corrected chi connectivity index (χ4v) is 3.85. The van der Waals surface area contributed by atoms with E-state index in [9.17, 15) is 12.8 Å². The van der Waals surface area contributed by atoms with Crippen LogP contribution < -0.4 is 0 Å². The molecule has 1 unspecified atom stereocenters. The summed E-state index contributed by atoms with van der Waals surface area (Å²) in [7, 11) is -3.51. The van der Waals surface area contributed by atoms with Crippen molar-refractivity contribution in [3.63, 3.8) is 0 Å². The lowest BCUT2D eigenvalue weighted by atomic mass is 10.0. The lowest BCUT2D eigenvalue weighted by Gasteiger charge is -2.14. The van der Waals surface area contributed by atoms with E-state index < -0.39 is 15.7 Å². The van der Waals surface area contributed by atoms with Crippen LogP contribution in [0.1, 0.15) is 39.5 Å². The lowest BCUT2D eigenvalue weighted by Crippen LogP contribution is -2.17. The van der Waals surface area contributed by atoms with Gasteiger partial charge in [0.05, 0.1) is 5.75 Å². The van der Waals surface area contributed by atoms with Crippen LogP contribution in [-0.2, 0) is 9.84 Å². The standard InChI is InChI=1S/C14H21FO2S/c1-3-5-8-12(4-2)11-18(16,17)14-10-7-6-9-13(14)15/h6-7,9-10,12H,3-5,8,11H2,1-2H3. The highest BCUT2D eigenvalue weighted by molar-refractivity contribution is 7.91. The van der Waals surface area contributed by atoms with Gasteiger partial charge in [-0.25, -0.2) is 12.8 Å². The molecule has 0 heterocycles. The van der Waals surface area contributed by atoms with Crippen LogP contribution in [0, 0.1) is 11.7 Å². The number of hydrogen-bond acceptors (Lipinski definition) is 2. The molecule has 18 heavy (non-hydrogen) atoms. The van der Waals surface area contributed by atoms with Crippen LogP contribution in [0.25, 0.3) is 0 Å². The Kier molecular flexibility index (Phi) is 5.79. The van der Waals surface area contributed by atoms with Gasteiger partial charge in [0.25, 0.3) is 0 Å². The number of sulfone groups is 1. The first-order valence-electron chi connectivity index (χ1n) is 6.48. The van der Waals surface area contributed by atoms with Gasteiger partial charge in [0.1, 0.15) is 10.7 Å². The Labute approximate surface area is 109 Å². The van der Waals surface area contributed by atoms with Crippen molar-refractivity contribution in [3.8, 4) is 0 Å². The predicted octanol–water partition coefficient (Wildman–Crippen LogP) is 3.82. The van der Waals surface area contributed by atoms with Crippen molar-refractivity contribution in [3.05, 3.63) is 30.1 Å². The maximum Gasteiger partial charge on any atom is 0.181 e. The van der Waals surface area contributed by atoms with Crippen LogP contribution >= 0.6 is 0 Å². The summed E-state index contributed by atoms with van der Waals surface area (Å²) >= 11 is 0. The number of rotatable bonds is 7. The van der Waals surface area contributed by atoms with E-state index in [1.807, 2.05) is 6.92 Å². The van der Waals surface area contributed by atoms with Crippen LogP contribution in [0.5, 0.6) is 0 Å². The molecule has 0 saturated carbocycles. The number of halogens is 1. The number of unbranched alkanes of at least 4 members (excludes halogenated alkanes) is 1. The third-order valence-corrected chi connectivity index (χ3v) is 5.08. The molecule has 1 rings (SSSR count). The van der Waals surface area contributed by atoms with Gasteiger partial charge >= 0.3 is 0 Å². The monoisotopic (exact) mass is 272 g/mol. The van der Waals surface area contributed by atoms with E-state index in [1.165, 1.54) is 18.2 Å². The van der Waals surface area contributed by atoms with Crippen molar-refractivity contribution < 1.29 is 12.8 Å². The molecule has 2 nitrogen and oxygen atoms in total. The molecule has 4 heteroatoms. The fraction of sp³-hybridized carbons (Fsp3) is 0.571. The minimum Gasteiger partial charge on any atom is -0.224 e. The van der Waals surface area contributed by atoms with Gasteiger partial charge in [-0.3, -0.25) is 0 Å². The Bertz CT molecular complexity index is 468. The van der Waals surface area contributed by atoms with Gasteiger partial charge in [-0.2, -0.15) is 0 Å². The molecule has 1 aromatic carbocycles. The summed E-state index contributed by atoms with van der Waals surface area (Å²) in [6.07, 6.45) is 3.77. The predicted molar refractivity (Wildman–Crippen MR) is 71.8 cm³/mol. The van der Waals surface area contributed by atoms with Gasteiger partial charge in [0.15, 0.2) is 9.84 Å². The van der Waals surface area contributed by atoms with Crippen molar-refractivity contribution in [1.82, 2.24) is 0 Å². The summed E-state index contributed by atoms with van der Waals surface area (Å²) in [6.45, 7) is 4.06. The highest BCUT2D eigenvalue weighted by Gasteiger charge is 2.22. The molecule has 1 atom stereocenters. The van der Waals surface area contributed by atoms with Gasteiger partial charge in [-0.15, -0.1) is 0 Å². The number of benzene rings is 1. The van der Waals surface area contributed by atoms with Gasteiger partial charge in [-0.05, 0) is 24.5 Å². The van der Waals surface area contributed by atoms with Crippen molar-refractivity contribution in [2.24, 2.45) is 5.92 Å². The molecule has 0 saturated heterocycles. The van der Waals surface area contributed by atoms with Crippen LogP contribution in [-0.4, -0.2) is 14.2 Å². The summed E-state index contributed by atoms with van der Waals surface area (Å²) in [5, 5.41) is 0. The third-order valence-electron chi connectivity index (χ3n) is 3.17. The van der Waals surface area contributed by atoms with E-state index in [2.05, 4.69) is 6.92 Å². The van der Waals surface area contributed by atoms with E-state index in [-0.39, 0.29) is 16.6 Å². The molecule has 0 aliphatic rings. The third kappa shape index (κ3) is 4.09. The second-order valence-electron chi connectivity index (χ2n) is 4.63. The minimum absolute atomic E-state index is 0.0461. The molecular formula is C14H21FO2S. The van der Waals surface area contributed by atoms with E-state index >= 15 is 0 Å².